The first-order chi connectivity index (χ1) is 12.8. The number of nitrogens with two attached hydrogens (primary N) is 1. The summed E-state index contributed by atoms with van der Waals surface area (Å²) in [7, 11) is 0. The Bertz CT molecular complexity index is 860. The van der Waals surface area contributed by atoms with Crippen LogP contribution in [0, 0.1) is 5.92 Å². The highest BCUT2D eigenvalue weighted by Crippen LogP contribution is 2.45. The lowest BCUT2D eigenvalue weighted by molar-refractivity contribution is -0.139. The number of ketones is 2. The average Bonchev–Trinajstić information content (AvgIpc) is 3.16. The third-order valence-corrected chi connectivity index (χ3v) is 5.71. The number of carbonyl (C=O) groups excluding carboxylic acids is 4. The van der Waals surface area contributed by atoms with Crippen molar-refractivity contribution in [2.45, 2.75) is 11.3 Å². The molecule has 2 heterocycles. The number of thioether (sulfide) groups is 1. The second-order valence-corrected chi connectivity index (χ2v) is 7.01. The Hall–Kier alpha value is -3.08. The number of carboxylic acid groups (broad SMARTS) is 1. The summed E-state index contributed by atoms with van der Waals surface area (Å²) in [6.07, 6.45) is 0.183. The van der Waals surface area contributed by atoms with Gasteiger partial charge < -0.3 is 25.3 Å². The van der Waals surface area contributed by atoms with Crippen molar-refractivity contribution in [1.82, 2.24) is 5.32 Å². The fourth-order valence-corrected chi connectivity index (χ4v) is 4.52. The fourth-order valence-electron chi connectivity index (χ4n) is 3.03. The number of carbonyl (C=O) groups is 5. The third-order valence-electron chi connectivity index (χ3n) is 4.27. The van der Waals surface area contributed by atoms with Gasteiger partial charge in [-0.2, -0.15) is 11.8 Å². The fraction of sp³-hybridized carbons (Fsp3) is 0.312. The molecule has 27 heavy (non-hydrogen) atoms. The van der Waals surface area contributed by atoms with Crippen molar-refractivity contribution in [2.75, 3.05) is 12.4 Å². The number of amides is 2. The predicted octanol–water partition coefficient (Wildman–Crippen LogP) is -0.262. The molecule has 0 bridgehead atoms. The van der Waals surface area contributed by atoms with Crippen LogP contribution in [0.15, 0.2) is 34.0 Å². The SMILES string of the molecule is NC(=O)OCC1=C(C(=O)O)C2C(=O)[C@@H](NC(=O)C(=O)c3ccco3)[C@H]2SC1. The largest absolute Gasteiger partial charge is 0.478 e. The molecule has 1 fully saturated rings. The van der Waals surface area contributed by atoms with Gasteiger partial charge in [-0.15, -0.1) is 0 Å². The minimum absolute atomic E-state index is 0.159. The van der Waals surface area contributed by atoms with Gasteiger partial charge in [0.15, 0.2) is 11.5 Å². The first-order valence-electron chi connectivity index (χ1n) is 7.72. The summed E-state index contributed by atoms with van der Waals surface area (Å²) in [5.41, 5.74) is 5.00. The lowest BCUT2D eigenvalue weighted by Crippen LogP contribution is -2.66. The van der Waals surface area contributed by atoms with E-state index in [4.69, 9.17) is 10.2 Å². The number of furan rings is 1. The standard InChI is InChI=1S/C16H14N2O8S/c17-16(24)26-4-6-5-27-13-9(8(6)15(22)23)12(20)10(13)18-14(21)11(19)7-2-1-3-25-7/h1-3,9-10,13H,4-5H2,(H2,17,24)(H,18,21)(H,22,23)/t9?,10-,13+/m1/s1. The smallest absolute Gasteiger partial charge is 0.404 e. The summed E-state index contributed by atoms with van der Waals surface area (Å²) >= 11 is 1.23. The number of hydrogen-bond acceptors (Lipinski definition) is 8. The van der Waals surface area contributed by atoms with Crippen LogP contribution in [0.4, 0.5) is 4.79 Å². The maximum absolute atomic E-state index is 12.4. The molecule has 3 atom stereocenters. The van der Waals surface area contributed by atoms with Gasteiger partial charge >= 0.3 is 12.1 Å². The zero-order valence-electron chi connectivity index (χ0n) is 13.7. The minimum atomic E-state index is -1.31. The number of carboxylic acids is 1. The number of hydrogen-bond donors (Lipinski definition) is 3. The molecule has 2 aliphatic rings. The Balaban J connectivity index is 1.73. The van der Waals surface area contributed by atoms with Crippen molar-refractivity contribution < 1.29 is 38.2 Å². The molecule has 3 rings (SSSR count). The normalized spacial score (nSPS) is 23.9. The lowest BCUT2D eigenvalue weighted by Gasteiger charge is -2.46. The summed E-state index contributed by atoms with van der Waals surface area (Å²) < 4.78 is 9.49. The van der Waals surface area contributed by atoms with Gasteiger partial charge in [-0.25, -0.2) is 9.59 Å². The number of Topliss-reactive ketones (excluding diaryl/α,β-unsaturated/α-hetero) is 2. The Morgan fingerprint density at radius 3 is 2.70 bits per heavy atom. The summed E-state index contributed by atoms with van der Waals surface area (Å²) in [6, 6.07) is 1.78. The molecule has 2 amide bonds. The molecule has 1 aliphatic heterocycles. The molecule has 1 aliphatic carbocycles. The van der Waals surface area contributed by atoms with Crippen molar-refractivity contribution >= 4 is 41.3 Å². The van der Waals surface area contributed by atoms with E-state index in [1.165, 1.54) is 30.2 Å². The Morgan fingerprint density at radius 1 is 1.37 bits per heavy atom. The molecule has 1 unspecified atom stereocenters. The van der Waals surface area contributed by atoms with Gasteiger partial charge in [0, 0.05) is 11.0 Å². The van der Waals surface area contributed by atoms with Crippen molar-refractivity contribution in [1.29, 1.82) is 0 Å². The van der Waals surface area contributed by atoms with Crippen LogP contribution in [0.25, 0.3) is 0 Å². The van der Waals surface area contributed by atoms with Crippen LogP contribution in [-0.4, -0.2) is 58.3 Å². The number of rotatable bonds is 6. The van der Waals surface area contributed by atoms with Crippen LogP contribution < -0.4 is 11.1 Å². The van der Waals surface area contributed by atoms with Crippen LogP contribution in [0.3, 0.4) is 0 Å². The van der Waals surface area contributed by atoms with Gasteiger partial charge in [-0.05, 0) is 17.7 Å². The molecule has 11 heteroatoms. The zero-order valence-corrected chi connectivity index (χ0v) is 14.5. The van der Waals surface area contributed by atoms with Crippen LogP contribution >= 0.6 is 11.8 Å². The Labute approximate surface area is 156 Å². The average molecular weight is 394 g/mol. The van der Waals surface area contributed by atoms with E-state index in [1.54, 1.807) is 0 Å². The summed E-state index contributed by atoms with van der Waals surface area (Å²) in [4.78, 5) is 58.8. The first-order valence-corrected chi connectivity index (χ1v) is 8.77. The molecular weight excluding hydrogens is 380 g/mol. The molecule has 1 aromatic heterocycles. The summed E-state index contributed by atoms with van der Waals surface area (Å²) in [6.45, 7) is -0.325. The maximum atomic E-state index is 12.4. The highest BCUT2D eigenvalue weighted by atomic mass is 32.2. The minimum Gasteiger partial charge on any atom is -0.478 e. The first kappa shape index (κ1) is 18.7. The van der Waals surface area contributed by atoms with E-state index in [0.717, 1.165) is 0 Å². The van der Waals surface area contributed by atoms with Gasteiger partial charge in [-0.1, -0.05) is 0 Å². The molecule has 1 aromatic rings. The van der Waals surface area contributed by atoms with Crippen molar-refractivity contribution in [3.8, 4) is 0 Å². The van der Waals surface area contributed by atoms with Gasteiger partial charge in [0.25, 0.3) is 11.7 Å². The number of nitrogens with one attached hydrogen (secondary N) is 1. The number of fused-ring (bicyclic) bond motifs is 1. The summed E-state index contributed by atoms with van der Waals surface area (Å²) in [5, 5.41) is 11.3. The molecule has 0 saturated heterocycles. The van der Waals surface area contributed by atoms with Gasteiger partial charge in [0.05, 0.1) is 17.8 Å². The van der Waals surface area contributed by atoms with E-state index < -0.39 is 46.7 Å². The van der Waals surface area contributed by atoms with E-state index in [2.05, 4.69) is 10.1 Å². The van der Waals surface area contributed by atoms with Crippen molar-refractivity contribution in [3.05, 3.63) is 35.3 Å². The molecule has 0 spiro atoms. The third kappa shape index (κ3) is 3.45. The highest BCUT2D eigenvalue weighted by molar-refractivity contribution is 8.00. The zero-order chi connectivity index (χ0) is 19.7. The number of aliphatic carboxylic acids is 1. The Kier molecular flexibility index (Phi) is 5.04. The van der Waals surface area contributed by atoms with Crippen LogP contribution in [-0.2, 0) is 19.1 Å². The van der Waals surface area contributed by atoms with E-state index >= 15 is 0 Å². The molecule has 10 nitrogen and oxygen atoms in total. The lowest BCUT2D eigenvalue weighted by atomic mass is 9.71. The Morgan fingerprint density at radius 2 is 2.11 bits per heavy atom. The number of ether oxygens (including phenoxy) is 1. The van der Waals surface area contributed by atoms with Crippen molar-refractivity contribution in [2.24, 2.45) is 11.7 Å². The van der Waals surface area contributed by atoms with E-state index in [9.17, 15) is 29.1 Å². The van der Waals surface area contributed by atoms with Gasteiger partial charge in [-0.3, -0.25) is 14.4 Å². The van der Waals surface area contributed by atoms with Crippen LogP contribution in [0.1, 0.15) is 10.6 Å². The molecule has 0 aromatic carbocycles. The van der Waals surface area contributed by atoms with E-state index in [-0.39, 0.29) is 29.3 Å². The van der Waals surface area contributed by atoms with Gasteiger partial charge in [0.1, 0.15) is 12.6 Å². The van der Waals surface area contributed by atoms with Crippen molar-refractivity contribution in [3.63, 3.8) is 0 Å². The topological polar surface area (TPSA) is 166 Å². The molecule has 0 radical (unpaired) electrons. The molecule has 4 N–H and O–H groups in total. The van der Waals surface area contributed by atoms with Crippen LogP contribution in [0.5, 0.6) is 0 Å². The predicted molar refractivity (Wildman–Crippen MR) is 89.9 cm³/mol. The molecular formula is C16H14N2O8S. The summed E-state index contributed by atoms with van der Waals surface area (Å²) in [5.74, 6) is -4.71. The van der Waals surface area contributed by atoms with E-state index in [0.29, 0.717) is 0 Å². The van der Waals surface area contributed by atoms with Crippen LogP contribution in [0.2, 0.25) is 0 Å². The second kappa shape index (κ2) is 7.27. The number of primary amides is 1. The van der Waals surface area contributed by atoms with E-state index in [1.807, 2.05) is 0 Å². The maximum Gasteiger partial charge on any atom is 0.404 e. The highest BCUT2D eigenvalue weighted by Gasteiger charge is 2.56. The molecule has 142 valence electrons. The monoisotopic (exact) mass is 394 g/mol. The quantitative estimate of drug-likeness (QED) is 0.435. The second-order valence-electron chi connectivity index (χ2n) is 5.84. The molecule has 1 saturated carbocycles. The van der Waals surface area contributed by atoms with Gasteiger partial charge in [0.2, 0.25) is 0 Å².